The second-order valence-corrected chi connectivity index (χ2v) is 15.1. The average Bonchev–Trinajstić information content (AvgIpc) is 3.58. The van der Waals surface area contributed by atoms with Gasteiger partial charge in [0.1, 0.15) is 17.7 Å². The number of amides is 2. The van der Waals surface area contributed by atoms with Crippen LogP contribution in [0.2, 0.25) is 0 Å². The van der Waals surface area contributed by atoms with Gasteiger partial charge < -0.3 is 23.8 Å². The largest absolute Gasteiger partial charge is 0.444 e. The van der Waals surface area contributed by atoms with Crippen molar-refractivity contribution in [2.75, 3.05) is 57.4 Å². The van der Waals surface area contributed by atoms with Crippen molar-refractivity contribution in [2.45, 2.75) is 84.2 Å². The highest BCUT2D eigenvalue weighted by Crippen LogP contribution is 2.42. The highest BCUT2D eigenvalue weighted by Gasteiger charge is 2.44. The molecule has 0 radical (unpaired) electrons. The number of carbonyl (C=O) groups excluding carboxylic acids is 2. The van der Waals surface area contributed by atoms with Gasteiger partial charge in [-0.25, -0.2) is 18.7 Å². The monoisotopic (exact) mass is 666 g/mol. The Morgan fingerprint density at radius 3 is 2.60 bits per heavy atom. The van der Waals surface area contributed by atoms with Crippen molar-refractivity contribution in [3.05, 3.63) is 58.2 Å². The van der Waals surface area contributed by atoms with Gasteiger partial charge in [0.25, 0.3) is 5.56 Å². The molecule has 0 N–H and O–H groups in total. The van der Waals surface area contributed by atoms with E-state index in [0.717, 1.165) is 18.3 Å². The fourth-order valence-electron chi connectivity index (χ4n) is 7.18. The van der Waals surface area contributed by atoms with Crippen molar-refractivity contribution in [1.82, 2.24) is 33.9 Å². The summed E-state index contributed by atoms with van der Waals surface area (Å²) in [5.74, 6) is -0.664. The van der Waals surface area contributed by atoms with E-state index in [1.165, 1.54) is 23.2 Å². The molecule has 0 aromatic carbocycles. The van der Waals surface area contributed by atoms with Crippen LogP contribution in [0.15, 0.2) is 35.5 Å². The van der Waals surface area contributed by atoms with Gasteiger partial charge in [-0.15, -0.1) is 0 Å². The van der Waals surface area contributed by atoms with Crippen LogP contribution in [0.4, 0.5) is 14.9 Å². The van der Waals surface area contributed by atoms with Crippen LogP contribution in [-0.2, 0) is 26.2 Å². The maximum absolute atomic E-state index is 14.4. The number of hydrogen-bond acceptors (Lipinski definition) is 9. The van der Waals surface area contributed by atoms with Crippen LogP contribution in [0, 0.1) is 5.82 Å². The Hall–Kier alpha value is -3.88. The maximum atomic E-state index is 14.4. The summed E-state index contributed by atoms with van der Waals surface area (Å²) in [7, 11) is 0. The number of piperazine rings is 1. The van der Waals surface area contributed by atoms with Crippen molar-refractivity contribution >= 4 is 23.3 Å². The molecule has 3 aromatic heterocycles. The summed E-state index contributed by atoms with van der Waals surface area (Å²) < 4.78 is 28.3. The molecule has 3 aliphatic rings. The molecule has 2 saturated heterocycles. The summed E-state index contributed by atoms with van der Waals surface area (Å²) in [5.41, 5.74) is 1.32. The van der Waals surface area contributed by atoms with Crippen LogP contribution in [0.1, 0.15) is 59.7 Å². The number of nitrogens with zero attached hydrogens (tertiary/aromatic N) is 8. The number of anilines is 1. The van der Waals surface area contributed by atoms with Crippen molar-refractivity contribution in [3.8, 4) is 0 Å². The zero-order valence-corrected chi connectivity index (χ0v) is 29.0. The third-order valence-corrected chi connectivity index (χ3v) is 9.56. The summed E-state index contributed by atoms with van der Waals surface area (Å²) in [4.78, 5) is 52.9. The standard InChI is InChI=1S/C34H47FN8O5/c1-22-14-40(26(16-38-10-11-47-19-23(38)2)17-41(22)32(46)48-33(3,4)5)18-29(45)42-20-34(6,7)30-27(42)12-24(31-36-21-37-43(30)31)15-39-9-8-25(35)13-28(39)44/h8-9,12-13,21-23,26H,10-11,14-20H2,1-7H3/t22-,23-,26+/m1/s1. The van der Waals surface area contributed by atoms with Gasteiger partial charge in [-0.05, 0) is 46.8 Å². The van der Waals surface area contributed by atoms with Crippen molar-refractivity contribution in [1.29, 1.82) is 0 Å². The molecule has 6 rings (SSSR count). The molecule has 3 aromatic rings. The van der Waals surface area contributed by atoms with Crippen LogP contribution >= 0.6 is 0 Å². The first kappa shape index (κ1) is 34.0. The lowest BCUT2D eigenvalue weighted by molar-refractivity contribution is -0.121. The molecule has 0 spiro atoms. The van der Waals surface area contributed by atoms with Crippen molar-refractivity contribution in [3.63, 3.8) is 0 Å². The summed E-state index contributed by atoms with van der Waals surface area (Å²) in [6.45, 7) is 18.3. The second kappa shape index (κ2) is 12.9. The van der Waals surface area contributed by atoms with Gasteiger partial charge in [-0.3, -0.25) is 19.4 Å². The van der Waals surface area contributed by atoms with Gasteiger partial charge in [-0.2, -0.15) is 5.10 Å². The van der Waals surface area contributed by atoms with E-state index in [4.69, 9.17) is 9.47 Å². The number of ether oxygens (including phenoxy) is 2. The Morgan fingerprint density at radius 2 is 1.90 bits per heavy atom. The third-order valence-electron chi connectivity index (χ3n) is 9.56. The fraction of sp³-hybridized carbons (Fsp3) is 0.618. The number of fused-ring (bicyclic) bond motifs is 3. The quantitative estimate of drug-likeness (QED) is 0.392. The number of pyridine rings is 2. The number of morpholine rings is 1. The zero-order valence-electron chi connectivity index (χ0n) is 29.0. The minimum absolute atomic E-state index is 0.0656. The van der Waals surface area contributed by atoms with Crippen LogP contribution in [0.3, 0.4) is 0 Å². The minimum Gasteiger partial charge on any atom is -0.444 e. The SMILES string of the molecule is C[C@@H]1COCCN1C[C@H]1CN(C(=O)OC(C)(C)C)[C@H](C)CN1CC(=O)N1CC(C)(C)c2c1cc(Cn1ccc(F)cc1=O)c1ncnn21. The molecule has 3 aliphatic heterocycles. The molecular weight excluding hydrogens is 619 g/mol. The van der Waals surface area contributed by atoms with Gasteiger partial charge in [0.15, 0.2) is 5.65 Å². The Balaban J connectivity index is 1.29. The molecule has 0 unspecified atom stereocenters. The average molecular weight is 667 g/mol. The Bertz CT molecular complexity index is 1750. The minimum atomic E-state index is -0.618. The van der Waals surface area contributed by atoms with Crippen LogP contribution < -0.4 is 10.5 Å². The number of carbonyl (C=O) groups is 2. The highest BCUT2D eigenvalue weighted by atomic mass is 19.1. The topological polar surface area (TPSA) is 118 Å². The second-order valence-electron chi connectivity index (χ2n) is 15.1. The van der Waals surface area contributed by atoms with Crippen LogP contribution in [-0.4, -0.2) is 122 Å². The lowest BCUT2D eigenvalue weighted by Crippen LogP contribution is -2.64. The third kappa shape index (κ3) is 6.83. The zero-order chi connectivity index (χ0) is 34.5. The van der Waals surface area contributed by atoms with Crippen LogP contribution in [0.25, 0.3) is 5.65 Å². The lowest BCUT2D eigenvalue weighted by atomic mass is 9.91. The highest BCUT2D eigenvalue weighted by molar-refractivity contribution is 5.97. The molecule has 2 amide bonds. The maximum Gasteiger partial charge on any atom is 0.410 e. The molecule has 0 aliphatic carbocycles. The van der Waals surface area contributed by atoms with Crippen molar-refractivity contribution in [2.24, 2.45) is 0 Å². The predicted octanol–water partition coefficient (Wildman–Crippen LogP) is 2.73. The van der Waals surface area contributed by atoms with E-state index in [9.17, 15) is 18.8 Å². The normalized spacial score (nSPS) is 23.5. The molecule has 13 nitrogen and oxygen atoms in total. The molecule has 260 valence electrons. The molecule has 14 heteroatoms. The Kier molecular flexibility index (Phi) is 9.11. The molecule has 0 bridgehead atoms. The van der Waals surface area contributed by atoms with Crippen molar-refractivity contribution < 1.29 is 23.5 Å². The Labute approximate surface area is 280 Å². The number of hydrogen-bond donors (Lipinski definition) is 0. The summed E-state index contributed by atoms with van der Waals surface area (Å²) in [6.07, 6.45) is 2.54. The molecule has 0 saturated carbocycles. The number of aromatic nitrogens is 4. The van der Waals surface area contributed by atoms with E-state index < -0.39 is 22.4 Å². The lowest BCUT2D eigenvalue weighted by Gasteiger charge is -2.47. The smallest absolute Gasteiger partial charge is 0.410 e. The van der Waals surface area contributed by atoms with E-state index in [2.05, 4.69) is 40.7 Å². The molecule has 48 heavy (non-hydrogen) atoms. The van der Waals surface area contributed by atoms with Gasteiger partial charge in [0.2, 0.25) is 5.91 Å². The van der Waals surface area contributed by atoms with E-state index in [-0.39, 0.29) is 43.2 Å². The molecular formula is C34H47FN8O5. The predicted molar refractivity (Wildman–Crippen MR) is 178 cm³/mol. The first-order valence-electron chi connectivity index (χ1n) is 16.7. The van der Waals surface area contributed by atoms with E-state index >= 15 is 0 Å². The number of rotatable bonds is 6. The number of halogens is 1. The molecule has 6 heterocycles. The van der Waals surface area contributed by atoms with Gasteiger partial charge in [0, 0.05) is 74.1 Å². The summed E-state index contributed by atoms with van der Waals surface area (Å²) >= 11 is 0. The first-order chi connectivity index (χ1) is 22.6. The first-order valence-corrected chi connectivity index (χ1v) is 16.7. The van der Waals surface area contributed by atoms with E-state index in [1.54, 1.807) is 9.42 Å². The van der Waals surface area contributed by atoms with Gasteiger partial charge in [-0.1, -0.05) is 13.8 Å². The summed E-state index contributed by atoms with van der Waals surface area (Å²) in [5, 5.41) is 4.52. The Morgan fingerprint density at radius 1 is 1.12 bits per heavy atom. The van der Waals surface area contributed by atoms with E-state index in [1.807, 2.05) is 38.7 Å². The molecule has 3 atom stereocenters. The fourth-order valence-corrected chi connectivity index (χ4v) is 7.18. The molecule has 2 fully saturated rings. The van der Waals surface area contributed by atoms with E-state index in [0.29, 0.717) is 56.3 Å². The van der Waals surface area contributed by atoms with Gasteiger partial charge in [0.05, 0.1) is 37.7 Å². The summed E-state index contributed by atoms with van der Waals surface area (Å²) in [6, 6.07) is 4.06. The van der Waals surface area contributed by atoms with Gasteiger partial charge >= 0.3 is 6.09 Å². The van der Waals surface area contributed by atoms with Crippen LogP contribution in [0.5, 0.6) is 0 Å².